The number of carbonyl (C=O) groups is 1. The van der Waals surface area contributed by atoms with E-state index in [1.807, 2.05) is 11.0 Å². The molecule has 1 amide bonds. The molecule has 1 saturated heterocycles. The Hall–Kier alpha value is -2.20. The maximum Gasteiger partial charge on any atom is 0.253 e. The molecule has 1 aromatic heterocycles. The molecule has 2 atom stereocenters. The molecule has 0 radical (unpaired) electrons. The van der Waals surface area contributed by atoms with Gasteiger partial charge in [0.1, 0.15) is 0 Å². The van der Waals surface area contributed by atoms with E-state index < -0.39 is 0 Å². The molecule has 26 heavy (non-hydrogen) atoms. The van der Waals surface area contributed by atoms with Crippen molar-refractivity contribution in [3.05, 3.63) is 66.0 Å². The lowest BCUT2D eigenvalue weighted by molar-refractivity contribution is -0.0326. The number of piperidine rings is 1. The minimum atomic E-state index is 0.103. The second-order valence-corrected chi connectivity index (χ2v) is 7.54. The third-order valence-corrected chi connectivity index (χ3v) is 5.46. The number of likely N-dealkylation sites (tertiary alicyclic amines) is 1. The number of hydrogen-bond acceptors (Lipinski definition) is 3. The lowest BCUT2D eigenvalue weighted by Crippen LogP contribution is -2.47. The molecule has 1 aliphatic heterocycles. The van der Waals surface area contributed by atoms with Crippen LogP contribution in [0.5, 0.6) is 0 Å². The summed E-state index contributed by atoms with van der Waals surface area (Å²) in [6.07, 6.45) is 8.10. The van der Waals surface area contributed by atoms with Crippen molar-refractivity contribution in [2.24, 2.45) is 11.8 Å². The predicted molar refractivity (Wildman–Crippen MR) is 101 cm³/mol. The number of benzene rings is 1. The molecular formula is C22H26N2O2. The van der Waals surface area contributed by atoms with E-state index in [9.17, 15) is 4.79 Å². The average Bonchev–Trinajstić information content (AvgIpc) is 3.52. The largest absolute Gasteiger partial charge is 0.377 e. The number of aromatic nitrogens is 1. The first kappa shape index (κ1) is 17.2. The standard InChI is InChI=1S/C22H26N2O2/c25-22(19-8-11-23-12-9-19)24-13-10-21(26-16-18-6-7-18)20(15-24)14-17-4-2-1-3-5-17/h1-5,8-9,11-12,18,20-21H,6-7,10,13-16H2/t20-,21+/m1/s1. The van der Waals surface area contributed by atoms with Crippen LogP contribution in [0.4, 0.5) is 0 Å². The summed E-state index contributed by atoms with van der Waals surface area (Å²) in [4.78, 5) is 18.8. The SMILES string of the molecule is O=C(c1ccncc1)N1CC[C@H](OCC2CC2)[C@H](Cc2ccccc2)C1. The van der Waals surface area contributed by atoms with Crippen LogP contribution in [0.25, 0.3) is 0 Å². The number of hydrogen-bond donors (Lipinski definition) is 0. The highest BCUT2D eigenvalue weighted by Gasteiger charge is 2.34. The van der Waals surface area contributed by atoms with E-state index in [2.05, 4.69) is 29.2 Å². The monoisotopic (exact) mass is 350 g/mol. The van der Waals surface area contributed by atoms with Crippen molar-refractivity contribution in [1.29, 1.82) is 0 Å². The normalized spacial score (nSPS) is 23.0. The number of pyridine rings is 1. The summed E-state index contributed by atoms with van der Waals surface area (Å²) >= 11 is 0. The van der Waals surface area contributed by atoms with Crippen LogP contribution in [0, 0.1) is 11.8 Å². The zero-order chi connectivity index (χ0) is 17.8. The molecule has 0 spiro atoms. The van der Waals surface area contributed by atoms with Gasteiger partial charge in [0.05, 0.1) is 6.10 Å². The summed E-state index contributed by atoms with van der Waals surface area (Å²) < 4.78 is 6.28. The molecule has 4 rings (SSSR count). The van der Waals surface area contributed by atoms with E-state index in [1.165, 1.54) is 18.4 Å². The van der Waals surface area contributed by atoms with Gasteiger partial charge >= 0.3 is 0 Å². The fourth-order valence-corrected chi connectivity index (χ4v) is 3.75. The quantitative estimate of drug-likeness (QED) is 0.800. The van der Waals surface area contributed by atoms with Crippen LogP contribution >= 0.6 is 0 Å². The third-order valence-electron chi connectivity index (χ3n) is 5.46. The Morgan fingerprint density at radius 3 is 2.58 bits per heavy atom. The second-order valence-electron chi connectivity index (χ2n) is 7.54. The first-order valence-corrected chi connectivity index (χ1v) is 9.64. The maximum absolute atomic E-state index is 12.8. The minimum absolute atomic E-state index is 0.103. The summed E-state index contributed by atoms with van der Waals surface area (Å²) in [6.45, 7) is 2.40. The highest BCUT2D eigenvalue weighted by molar-refractivity contribution is 5.94. The Kier molecular flexibility index (Phi) is 5.30. The number of rotatable bonds is 6. The zero-order valence-corrected chi connectivity index (χ0v) is 15.1. The van der Waals surface area contributed by atoms with E-state index in [1.54, 1.807) is 24.5 Å². The number of carbonyl (C=O) groups excluding carboxylic acids is 1. The van der Waals surface area contributed by atoms with E-state index in [0.29, 0.717) is 5.92 Å². The lowest BCUT2D eigenvalue weighted by Gasteiger charge is -2.38. The Morgan fingerprint density at radius 1 is 1.08 bits per heavy atom. The average molecular weight is 350 g/mol. The van der Waals surface area contributed by atoms with Crippen molar-refractivity contribution in [1.82, 2.24) is 9.88 Å². The Labute approximate surface area is 155 Å². The van der Waals surface area contributed by atoms with Crippen molar-refractivity contribution in [2.75, 3.05) is 19.7 Å². The van der Waals surface area contributed by atoms with Crippen molar-refractivity contribution in [3.63, 3.8) is 0 Å². The lowest BCUT2D eigenvalue weighted by atomic mass is 9.88. The van der Waals surface area contributed by atoms with E-state index >= 15 is 0 Å². The fraction of sp³-hybridized carbons (Fsp3) is 0.455. The molecule has 4 heteroatoms. The fourth-order valence-electron chi connectivity index (χ4n) is 3.75. The molecule has 2 aliphatic rings. The molecule has 2 aromatic rings. The number of nitrogens with zero attached hydrogens (tertiary/aromatic N) is 2. The molecule has 136 valence electrons. The van der Waals surface area contributed by atoms with Gasteiger partial charge in [0.15, 0.2) is 0 Å². The number of amides is 1. The van der Waals surface area contributed by atoms with Crippen molar-refractivity contribution >= 4 is 5.91 Å². The van der Waals surface area contributed by atoms with Crippen LogP contribution < -0.4 is 0 Å². The minimum Gasteiger partial charge on any atom is -0.377 e. The maximum atomic E-state index is 12.8. The van der Waals surface area contributed by atoms with Gasteiger partial charge in [0.25, 0.3) is 5.91 Å². The molecule has 0 N–H and O–H groups in total. The molecule has 4 nitrogen and oxygen atoms in total. The van der Waals surface area contributed by atoms with Gasteiger partial charge < -0.3 is 9.64 Å². The summed E-state index contributed by atoms with van der Waals surface area (Å²) in [5.74, 6) is 1.21. The van der Waals surface area contributed by atoms with Crippen LogP contribution in [0.1, 0.15) is 35.2 Å². The van der Waals surface area contributed by atoms with E-state index in [4.69, 9.17) is 4.74 Å². The van der Waals surface area contributed by atoms with Crippen molar-refractivity contribution in [2.45, 2.75) is 31.8 Å². The highest BCUT2D eigenvalue weighted by Crippen LogP contribution is 2.32. The smallest absolute Gasteiger partial charge is 0.253 e. The van der Waals surface area contributed by atoms with Gasteiger partial charge in [0, 0.05) is 43.6 Å². The Balaban J connectivity index is 1.45. The Morgan fingerprint density at radius 2 is 1.85 bits per heavy atom. The van der Waals surface area contributed by atoms with Crippen molar-refractivity contribution in [3.8, 4) is 0 Å². The Bertz CT molecular complexity index is 715. The van der Waals surface area contributed by atoms with Crippen LogP contribution in [0.15, 0.2) is 54.9 Å². The van der Waals surface area contributed by atoms with Gasteiger partial charge in [0.2, 0.25) is 0 Å². The van der Waals surface area contributed by atoms with Gasteiger partial charge in [-0.2, -0.15) is 0 Å². The topological polar surface area (TPSA) is 42.4 Å². The van der Waals surface area contributed by atoms with Gasteiger partial charge in [-0.05, 0) is 49.3 Å². The van der Waals surface area contributed by atoms with Crippen LogP contribution in [0.3, 0.4) is 0 Å². The molecule has 2 fully saturated rings. The number of ether oxygens (including phenoxy) is 1. The first-order chi connectivity index (χ1) is 12.8. The molecule has 1 aliphatic carbocycles. The van der Waals surface area contributed by atoms with Gasteiger partial charge in [-0.1, -0.05) is 30.3 Å². The van der Waals surface area contributed by atoms with Gasteiger partial charge in [-0.15, -0.1) is 0 Å². The van der Waals surface area contributed by atoms with Gasteiger partial charge in [-0.3, -0.25) is 9.78 Å². The summed E-state index contributed by atoms with van der Waals surface area (Å²) in [7, 11) is 0. The summed E-state index contributed by atoms with van der Waals surface area (Å²) in [5.41, 5.74) is 2.03. The van der Waals surface area contributed by atoms with Crippen LogP contribution in [0.2, 0.25) is 0 Å². The summed E-state index contributed by atoms with van der Waals surface area (Å²) in [5, 5.41) is 0. The van der Waals surface area contributed by atoms with Crippen LogP contribution in [-0.4, -0.2) is 41.6 Å². The second kappa shape index (κ2) is 8.00. The third kappa shape index (κ3) is 4.31. The summed E-state index contributed by atoms with van der Waals surface area (Å²) in [6, 6.07) is 14.1. The first-order valence-electron chi connectivity index (χ1n) is 9.64. The molecular weight excluding hydrogens is 324 g/mol. The van der Waals surface area contributed by atoms with E-state index in [-0.39, 0.29) is 12.0 Å². The highest BCUT2D eigenvalue weighted by atomic mass is 16.5. The molecule has 2 heterocycles. The molecule has 0 bridgehead atoms. The molecule has 1 aromatic carbocycles. The van der Waals surface area contributed by atoms with Gasteiger partial charge in [-0.25, -0.2) is 0 Å². The van der Waals surface area contributed by atoms with Crippen LogP contribution in [-0.2, 0) is 11.2 Å². The predicted octanol–water partition coefficient (Wildman–Crippen LogP) is 3.58. The van der Waals surface area contributed by atoms with Crippen molar-refractivity contribution < 1.29 is 9.53 Å². The zero-order valence-electron chi connectivity index (χ0n) is 15.1. The molecule has 1 saturated carbocycles. The van der Waals surface area contributed by atoms with E-state index in [0.717, 1.165) is 44.0 Å². The molecule has 0 unspecified atom stereocenters.